The molecule has 0 spiro atoms. The third kappa shape index (κ3) is 2.32. The zero-order valence-corrected chi connectivity index (χ0v) is 9.64. The van der Waals surface area contributed by atoms with Gasteiger partial charge < -0.3 is 15.7 Å². The fraction of sp³-hybridized carbons (Fsp3) is 0.182. The molecular formula is C11H10FN3O4. The molecule has 1 aliphatic heterocycles. The third-order valence-corrected chi connectivity index (χ3v) is 2.67. The second kappa shape index (κ2) is 4.56. The number of rotatable bonds is 2. The van der Waals surface area contributed by atoms with Crippen molar-refractivity contribution < 1.29 is 23.9 Å². The lowest BCUT2D eigenvalue weighted by Crippen LogP contribution is -2.51. The maximum atomic E-state index is 13.3. The van der Waals surface area contributed by atoms with Crippen LogP contribution in [0.15, 0.2) is 12.1 Å². The summed E-state index contributed by atoms with van der Waals surface area (Å²) >= 11 is 0. The minimum absolute atomic E-state index is 0.0367. The predicted molar refractivity (Wildman–Crippen MR) is 63.1 cm³/mol. The van der Waals surface area contributed by atoms with Gasteiger partial charge in [0.15, 0.2) is 0 Å². The first-order valence-corrected chi connectivity index (χ1v) is 5.29. The van der Waals surface area contributed by atoms with E-state index in [4.69, 9.17) is 10.8 Å². The van der Waals surface area contributed by atoms with Gasteiger partial charge in [-0.3, -0.25) is 14.9 Å². The van der Waals surface area contributed by atoms with E-state index in [1.165, 1.54) is 11.0 Å². The van der Waals surface area contributed by atoms with Crippen molar-refractivity contribution in [2.75, 3.05) is 23.7 Å². The Labute approximate surface area is 106 Å². The van der Waals surface area contributed by atoms with Crippen LogP contribution in [0.2, 0.25) is 0 Å². The van der Waals surface area contributed by atoms with Crippen LogP contribution in [-0.4, -0.2) is 36.0 Å². The van der Waals surface area contributed by atoms with Gasteiger partial charge >= 0.3 is 5.97 Å². The highest BCUT2D eigenvalue weighted by Crippen LogP contribution is 2.28. The first kappa shape index (κ1) is 12.8. The number of carboxylic acid groups (broad SMARTS) is 1. The van der Waals surface area contributed by atoms with E-state index in [0.717, 1.165) is 6.07 Å². The van der Waals surface area contributed by atoms with Crippen LogP contribution in [0.4, 0.5) is 15.8 Å². The minimum Gasteiger partial charge on any atom is -0.478 e. The van der Waals surface area contributed by atoms with Crippen molar-refractivity contribution in [1.29, 1.82) is 0 Å². The number of imide groups is 1. The summed E-state index contributed by atoms with van der Waals surface area (Å²) in [6.45, 7) is -0.395. The van der Waals surface area contributed by atoms with Gasteiger partial charge in [0.25, 0.3) is 0 Å². The molecule has 2 rings (SSSR count). The summed E-state index contributed by atoms with van der Waals surface area (Å²) in [4.78, 5) is 34.9. The third-order valence-electron chi connectivity index (χ3n) is 2.67. The Morgan fingerprint density at radius 2 is 1.89 bits per heavy atom. The van der Waals surface area contributed by atoms with Crippen LogP contribution in [-0.2, 0) is 9.59 Å². The van der Waals surface area contributed by atoms with Gasteiger partial charge in [-0.2, -0.15) is 0 Å². The van der Waals surface area contributed by atoms with Crippen LogP contribution < -0.4 is 16.0 Å². The summed E-state index contributed by atoms with van der Waals surface area (Å²) in [6.07, 6.45) is 0. The molecular weight excluding hydrogens is 257 g/mol. The van der Waals surface area contributed by atoms with Gasteiger partial charge in [0.1, 0.15) is 11.4 Å². The fourth-order valence-electron chi connectivity index (χ4n) is 1.88. The highest BCUT2D eigenvalue weighted by molar-refractivity contribution is 6.06. The number of nitrogens with zero attached hydrogens (tertiary/aromatic N) is 1. The second-order valence-electron chi connectivity index (χ2n) is 3.99. The number of carboxylic acids is 1. The van der Waals surface area contributed by atoms with Crippen LogP contribution >= 0.6 is 0 Å². The molecule has 2 amide bonds. The molecule has 0 radical (unpaired) electrons. The van der Waals surface area contributed by atoms with Crippen molar-refractivity contribution in [2.24, 2.45) is 0 Å². The Morgan fingerprint density at radius 3 is 2.42 bits per heavy atom. The largest absolute Gasteiger partial charge is 0.478 e. The molecule has 0 unspecified atom stereocenters. The highest BCUT2D eigenvalue weighted by atomic mass is 19.1. The summed E-state index contributed by atoms with van der Waals surface area (Å²) in [5.41, 5.74) is 4.45. The molecule has 0 aromatic heterocycles. The molecule has 1 heterocycles. The zero-order chi connectivity index (χ0) is 14.2. The SMILES string of the molecule is Nc1c(F)ccc(N2CC(=O)NC(=O)C2)c1C(=O)O. The number of carbonyl (C=O) groups excluding carboxylic acids is 2. The summed E-state index contributed by atoms with van der Waals surface area (Å²) in [5, 5.41) is 11.2. The Hall–Kier alpha value is -2.64. The Kier molecular flexibility index (Phi) is 3.07. The first-order valence-electron chi connectivity index (χ1n) is 5.29. The smallest absolute Gasteiger partial charge is 0.340 e. The van der Waals surface area contributed by atoms with Crippen molar-refractivity contribution in [1.82, 2.24) is 5.32 Å². The van der Waals surface area contributed by atoms with Crippen molar-refractivity contribution in [3.8, 4) is 0 Å². The van der Waals surface area contributed by atoms with Gasteiger partial charge in [0.05, 0.1) is 24.5 Å². The average Bonchev–Trinajstić information content (AvgIpc) is 2.30. The molecule has 1 saturated heterocycles. The van der Waals surface area contributed by atoms with Crippen molar-refractivity contribution in [2.45, 2.75) is 0 Å². The molecule has 0 bridgehead atoms. The lowest BCUT2D eigenvalue weighted by Gasteiger charge is -2.28. The van der Waals surface area contributed by atoms with E-state index in [1.54, 1.807) is 0 Å². The number of benzene rings is 1. The first-order chi connectivity index (χ1) is 8.90. The molecule has 1 aromatic carbocycles. The second-order valence-corrected chi connectivity index (χ2v) is 3.99. The number of aromatic carboxylic acids is 1. The lowest BCUT2D eigenvalue weighted by atomic mass is 10.1. The molecule has 1 fully saturated rings. The number of amides is 2. The normalized spacial score (nSPS) is 15.3. The Balaban J connectivity index is 2.50. The molecule has 0 saturated carbocycles. The van der Waals surface area contributed by atoms with Crippen molar-refractivity contribution in [3.63, 3.8) is 0 Å². The number of halogens is 1. The summed E-state index contributed by atoms with van der Waals surface area (Å²) in [6, 6.07) is 2.18. The van der Waals surface area contributed by atoms with Crippen molar-refractivity contribution in [3.05, 3.63) is 23.5 Å². The van der Waals surface area contributed by atoms with E-state index >= 15 is 0 Å². The van der Waals surface area contributed by atoms with Gasteiger partial charge in [-0.1, -0.05) is 0 Å². The van der Waals surface area contributed by atoms with Gasteiger partial charge in [-0.25, -0.2) is 9.18 Å². The molecule has 1 aliphatic rings. The van der Waals surface area contributed by atoms with Crippen molar-refractivity contribution >= 4 is 29.2 Å². The van der Waals surface area contributed by atoms with Crippen LogP contribution in [0.5, 0.6) is 0 Å². The molecule has 100 valence electrons. The molecule has 1 aromatic rings. The average molecular weight is 267 g/mol. The molecule has 0 aliphatic carbocycles. The number of hydrogen-bond donors (Lipinski definition) is 3. The summed E-state index contributed by atoms with van der Waals surface area (Å²) < 4.78 is 13.3. The number of nitrogens with two attached hydrogens (primary N) is 1. The zero-order valence-electron chi connectivity index (χ0n) is 9.64. The topological polar surface area (TPSA) is 113 Å². The van der Waals surface area contributed by atoms with E-state index in [-0.39, 0.29) is 18.8 Å². The summed E-state index contributed by atoms with van der Waals surface area (Å²) in [7, 11) is 0. The molecule has 19 heavy (non-hydrogen) atoms. The molecule has 4 N–H and O–H groups in total. The standard InChI is InChI=1S/C11H10FN3O4/c12-5-1-2-6(9(10(5)13)11(18)19)15-3-7(16)14-8(17)4-15/h1-2H,3-4,13H2,(H,18,19)(H,14,16,17). The van der Waals surface area contributed by atoms with Gasteiger partial charge in [0, 0.05) is 0 Å². The fourth-order valence-corrected chi connectivity index (χ4v) is 1.88. The Morgan fingerprint density at radius 1 is 1.32 bits per heavy atom. The number of nitrogen functional groups attached to an aromatic ring is 1. The van der Waals surface area contributed by atoms with E-state index in [0.29, 0.717) is 0 Å². The van der Waals surface area contributed by atoms with Gasteiger partial charge in [-0.05, 0) is 12.1 Å². The van der Waals surface area contributed by atoms with Crippen LogP contribution in [0, 0.1) is 5.82 Å². The van der Waals surface area contributed by atoms with Gasteiger partial charge in [0.2, 0.25) is 11.8 Å². The number of piperazine rings is 1. The lowest BCUT2D eigenvalue weighted by molar-refractivity contribution is -0.130. The number of anilines is 2. The monoisotopic (exact) mass is 267 g/mol. The number of nitrogens with one attached hydrogen (secondary N) is 1. The maximum absolute atomic E-state index is 13.3. The van der Waals surface area contributed by atoms with Crippen LogP contribution in [0.25, 0.3) is 0 Å². The number of hydrogen-bond acceptors (Lipinski definition) is 5. The van der Waals surface area contributed by atoms with E-state index in [1.807, 2.05) is 0 Å². The van der Waals surface area contributed by atoms with Gasteiger partial charge in [-0.15, -0.1) is 0 Å². The molecule has 0 atom stereocenters. The van der Waals surface area contributed by atoms with Crippen LogP contribution in [0.1, 0.15) is 10.4 Å². The Bertz CT molecular complexity index is 572. The molecule has 8 heteroatoms. The molecule has 7 nitrogen and oxygen atoms in total. The van der Waals surface area contributed by atoms with E-state index in [2.05, 4.69) is 5.32 Å². The summed E-state index contributed by atoms with van der Waals surface area (Å²) in [5.74, 6) is -3.41. The maximum Gasteiger partial charge on any atom is 0.340 e. The highest BCUT2D eigenvalue weighted by Gasteiger charge is 2.27. The minimum atomic E-state index is -1.43. The number of carbonyl (C=O) groups is 3. The van der Waals surface area contributed by atoms with E-state index < -0.39 is 34.9 Å². The van der Waals surface area contributed by atoms with Crippen LogP contribution in [0.3, 0.4) is 0 Å². The van der Waals surface area contributed by atoms with E-state index in [9.17, 15) is 18.8 Å². The predicted octanol–water partition coefficient (Wildman–Crippen LogP) is -0.431. The quantitative estimate of drug-likeness (QED) is 0.495.